The van der Waals surface area contributed by atoms with E-state index in [1.165, 1.54) is 5.56 Å². The Bertz CT molecular complexity index is 352. The lowest BCUT2D eigenvalue weighted by Crippen LogP contribution is -2.13. The van der Waals surface area contributed by atoms with E-state index in [9.17, 15) is 0 Å². The summed E-state index contributed by atoms with van der Waals surface area (Å²) in [6.07, 6.45) is 2.25. The van der Waals surface area contributed by atoms with Crippen molar-refractivity contribution in [2.45, 2.75) is 40.2 Å². The zero-order valence-electron chi connectivity index (χ0n) is 11.6. The highest BCUT2D eigenvalue weighted by Crippen LogP contribution is 2.26. The van der Waals surface area contributed by atoms with Crippen molar-refractivity contribution in [3.8, 4) is 5.75 Å². The minimum Gasteiger partial charge on any atom is -0.492 e. The minimum atomic E-state index is 0.682. The molecule has 1 aromatic carbocycles. The Balaban J connectivity index is 2.46. The molecule has 18 heavy (non-hydrogen) atoms. The minimum absolute atomic E-state index is 0.682. The van der Waals surface area contributed by atoms with Gasteiger partial charge in [-0.25, -0.2) is 0 Å². The Labute approximate surface area is 119 Å². The van der Waals surface area contributed by atoms with E-state index in [1.54, 1.807) is 0 Å². The maximum absolute atomic E-state index is 5.76. The molecule has 0 aliphatic carbocycles. The molecule has 1 N–H and O–H groups in total. The first kappa shape index (κ1) is 15.5. The Kier molecular flexibility index (Phi) is 7.36. The van der Waals surface area contributed by atoms with Gasteiger partial charge in [-0.2, -0.15) is 0 Å². The summed E-state index contributed by atoms with van der Waals surface area (Å²) in [6, 6.07) is 6.30. The van der Waals surface area contributed by atoms with Crippen LogP contribution in [0.4, 0.5) is 0 Å². The van der Waals surface area contributed by atoms with E-state index in [0.29, 0.717) is 5.92 Å². The number of hydrogen-bond acceptors (Lipinski definition) is 2. The lowest BCUT2D eigenvalue weighted by Gasteiger charge is -2.11. The van der Waals surface area contributed by atoms with E-state index in [0.717, 1.165) is 42.8 Å². The number of hydrogen-bond donors (Lipinski definition) is 1. The molecule has 0 atom stereocenters. The molecule has 3 heteroatoms. The first-order valence-electron chi connectivity index (χ1n) is 6.75. The standard InChI is InChI=1S/C15H24BrNO/c1-4-8-17-11-13-5-6-15(14(16)10-13)18-9-7-12(2)3/h5-6,10,12,17H,4,7-9,11H2,1-3H3. The SMILES string of the molecule is CCCNCc1ccc(OCCC(C)C)c(Br)c1. The Hall–Kier alpha value is -0.540. The Morgan fingerprint density at radius 3 is 2.72 bits per heavy atom. The molecule has 0 aliphatic rings. The van der Waals surface area contributed by atoms with Crippen LogP contribution in [0.15, 0.2) is 22.7 Å². The van der Waals surface area contributed by atoms with Crippen molar-refractivity contribution in [1.29, 1.82) is 0 Å². The van der Waals surface area contributed by atoms with Crippen molar-refractivity contribution >= 4 is 15.9 Å². The first-order valence-corrected chi connectivity index (χ1v) is 7.54. The van der Waals surface area contributed by atoms with Crippen LogP contribution in [0.25, 0.3) is 0 Å². The van der Waals surface area contributed by atoms with Crippen LogP contribution in [-0.2, 0) is 6.54 Å². The molecule has 0 aromatic heterocycles. The summed E-state index contributed by atoms with van der Waals surface area (Å²) in [5, 5.41) is 3.39. The van der Waals surface area contributed by atoms with Gasteiger partial charge in [-0.1, -0.05) is 26.8 Å². The van der Waals surface area contributed by atoms with Gasteiger partial charge in [0.25, 0.3) is 0 Å². The molecule has 0 spiro atoms. The highest BCUT2D eigenvalue weighted by atomic mass is 79.9. The monoisotopic (exact) mass is 313 g/mol. The van der Waals surface area contributed by atoms with Crippen molar-refractivity contribution < 1.29 is 4.74 Å². The van der Waals surface area contributed by atoms with Gasteiger partial charge < -0.3 is 10.1 Å². The highest BCUT2D eigenvalue weighted by molar-refractivity contribution is 9.10. The molecule has 2 nitrogen and oxygen atoms in total. The summed E-state index contributed by atoms with van der Waals surface area (Å²) < 4.78 is 6.80. The third-order valence-corrected chi connectivity index (χ3v) is 3.32. The van der Waals surface area contributed by atoms with Gasteiger partial charge in [0.05, 0.1) is 11.1 Å². The Morgan fingerprint density at radius 1 is 1.33 bits per heavy atom. The number of nitrogens with one attached hydrogen (secondary N) is 1. The van der Waals surface area contributed by atoms with Crippen LogP contribution in [0.5, 0.6) is 5.75 Å². The van der Waals surface area contributed by atoms with Gasteiger partial charge in [-0.05, 0) is 58.9 Å². The normalized spacial score (nSPS) is 10.9. The molecule has 0 amide bonds. The summed E-state index contributed by atoms with van der Waals surface area (Å²) in [5.74, 6) is 1.62. The van der Waals surface area contributed by atoms with Crippen molar-refractivity contribution in [3.63, 3.8) is 0 Å². The molecule has 0 fully saturated rings. The van der Waals surface area contributed by atoms with E-state index >= 15 is 0 Å². The predicted octanol–water partition coefficient (Wildman–Crippen LogP) is 4.37. The number of halogens is 1. The molecule has 0 radical (unpaired) electrons. The molecular formula is C15H24BrNO. The molecule has 1 aromatic rings. The van der Waals surface area contributed by atoms with Crippen LogP contribution >= 0.6 is 15.9 Å². The molecule has 0 bridgehead atoms. The molecule has 0 saturated heterocycles. The number of benzene rings is 1. The van der Waals surface area contributed by atoms with Gasteiger partial charge in [0.1, 0.15) is 5.75 Å². The van der Waals surface area contributed by atoms with E-state index in [-0.39, 0.29) is 0 Å². The second-order valence-corrected chi connectivity index (χ2v) is 5.83. The van der Waals surface area contributed by atoms with Crippen LogP contribution in [0.2, 0.25) is 0 Å². The fourth-order valence-corrected chi connectivity index (χ4v) is 2.13. The van der Waals surface area contributed by atoms with Crippen molar-refractivity contribution in [2.24, 2.45) is 5.92 Å². The molecular weight excluding hydrogens is 290 g/mol. The lowest BCUT2D eigenvalue weighted by atomic mass is 10.1. The predicted molar refractivity (Wildman–Crippen MR) is 81.1 cm³/mol. The summed E-state index contributed by atoms with van der Waals surface area (Å²) in [6.45, 7) is 9.35. The molecule has 0 heterocycles. The van der Waals surface area contributed by atoms with E-state index in [2.05, 4.69) is 54.2 Å². The van der Waals surface area contributed by atoms with Gasteiger partial charge in [0, 0.05) is 6.54 Å². The third kappa shape index (κ3) is 5.87. The quantitative estimate of drug-likeness (QED) is 0.719. The van der Waals surface area contributed by atoms with Crippen LogP contribution in [0.3, 0.4) is 0 Å². The van der Waals surface area contributed by atoms with Crippen molar-refractivity contribution in [1.82, 2.24) is 5.32 Å². The molecule has 102 valence electrons. The fraction of sp³-hybridized carbons (Fsp3) is 0.600. The average Bonchev–Trinajstić information content (AvgIpc) is 2.32. The second kappa shape index (κ2) is 8.54. The molecule has 0 saturated carbocycles. The summed E-state index contributed by atoms with van der Waals surface area (Å²) in [4.78, 5) is 0. The number of ether oxygens (including phenoxy) is 1. The largest absolute Gasteiger partial charge is 0.492 e. The topological polar surface area (TPSA) is 21.3 Å². The Morgan fingerprint density at radius 2 is 2.11 bits per heavy atom. The highest BCUT2D eigenvalue weighted by Gasteiger charge is 2.03. The van der Waals surface area contributed by atoms with Gasteiger partial charge in [-0.3, -0.25) is 0 Å². The smallest absolute Gasteiger partial charge is 0.133 e. The van der Waals surface area contributed by atoms with Gasteiger partial charge in [0.15, 0.2) is 0 Å². The van der Waals surface area contributed by atoms with Gasteiger partial charge in [-0.15, -0.1) is 0 Å². The van der Waals surface area contributed by atoms with E-state index < -0.39 is 0 Å². The number of rotatable bonds is 8. The summed E-state index contributed by atoms with van der Waals surface area (Å²) in [5.41, 5.74) is 1.28. The van der Waals surface area contributed by atoms with Gasteiger partial charge >= 0.3 is 0 Å². The van der Waals surface area contributed by atoms with E-state index in [4.69, 9.17) is 4.74 Å². The van der Waals surface area contributed by atoms with Crippen LogP contribution in [0, 0.1) is 5.92 Å². The zero-order chi connectivity index (χ0) is 13.4. The average molecular weight is 314 g/mol. The summed E-state index contributed by atoms with van der Waals surface area (Å²) >= 11 is 3.57. The summed E-state index contributed by atoms with van der Waals surface area (Å²) in [7, 11) is 0. The zero-order valence-corrected chi connectivity index (χ0v) is 13.2. The lowest BCUT2D eigenvalue weighted by molar-refractivity contribution is 0.288. The van der Waals surface area contributed by atoms with Crippen LogP contribution in [0.1, 0.15) is 39.2 Å². The molecule has 1 rings (SSSR count). The maximum Gasteiger partial charge on any atom is 0.133 e. The fourth-order valence-electron chi connectivity index (χ4n) is 1.59. The van der Waals surface area contributed by atoms with Crippen LogP contribution in [-0.4, -0.2) is 13.2 Å². The molecule has 0 aliphatic heterocycles. The second-order valence-electron chi connectivity index (χ2n) is 4.97. The van der Waals surface area contributed by atoms with Crippen molar-refractivity contribution in [3.05, 3.63) is 28.2 Å². The van der Waals surface area contributed by atoms with Crippen molar-refractivity contribution in [2.75, 3.05) is 13.2 Å². The maximum atomic E-state index is 5.76. The van der Waals surface area contributed by atoms with Gasteiger partial charge in [0.2, 0.25) is 0 Å². The van der Waals surface area contributed by atoms with Crippen LogP contribution < -0.4 is 10.1 Å². The third-order valence-electron chi connectivity index (χ3n) is 2.70. The van der Waals surface area contributed by atoms with E-state index in [1.807, 2.05) is 6.07 Å². The first-order chi connectivity index (χ1) is 8.63. The molecule has 0 unspecified atom stereocenters.